The van der Waals surface area contributed by atoms with Crippen molar-refractivity contribution in [3.8, 4) is 0 Å². The fourth-order valence-corrected chi connectivity index (χ4v) is 6.25. The van der Waals surface area contributed by atoms with Gasteiger partial charge in [-0.1, -0.05) is 45.7 Å². The van der Waals surface area contributed by atoms with Crippen molar-refractivity contribution in [2.24, 2.45) is 16.2 Å². The van der Waals surface area contributed by atoms with Crippen LogP contribution in [0.25, 0.3) is 0 Å². The summed E-state index contributed by atoms with van der Waals surface area (Å²) < 4.78 is 0. The average Bonchev–Trinajstić information content (AvgIpc) is 2.51. The maximum atomic E-state index is 12.3. The topological polar surface area (TPSA) is 57.2 Å². The standard InChI is InChI=1S/C11H14Br2O3/c1-9(2)10(5-12)3-4-11(9,8(15)16)6(13)7(10)14/h6H,3-5H2,1-2H3,(H,15,16)/p-1/t6-,10+,11+/m1/s1. The van der Waals surface area contributed by atoms with Crippen LogP contribution in [0.1, 0.15) is 26.7 Å². The minimum absolute atomic E-state index is 0.00447. The summed E-state index contributed by atoms with van der Waals surface area (Å²) in [4.78, 5) is 23.2. The summed E-state index contributed by atoms with van der Waals surface area (Å²) in [5.41, 5.74) is -2.20. The quantitative estimate of drug-likeness (QED) is 0.703. The van der Waals surface area contributed by atoms with Gasteiger partial charge in [0.15, 0.2) is 5.78 Å². The summed E-state index contributed by atoms with van der Waals surface area (Å²) in [6, 6.07) is 0. The van der Waals surface area contributed by atoms with Crippen LogP contribution >= 0.6 is 31.9 Å². The molecule has 2 aliphatic rings. The van der Waals surface area contributed by atoms with Gasteiger partial charge in [0.1, 0.15) is 0 Å². The Labute approximate surface area is 111 Å². The van der Waals surface area contributed by atoms with E-state index in [1.165, 1.54) is 0 Å². The Morgan fingerprint density at radius 3 is 2.38 bits per heavy atom. The highest BCUT2D eigenvalue weighted by molar-refractivity contribution is 9.10. The molecule has 0 aromatic rings. The lowest BCUT2D eigenvalue weighted by atomic mass is 9.65. The van der Waals surface area contributed by atoms with E-state index in [1.54, 1.807) is 0 Å². The van der Waals surface area contributed by atoms with Crippen molar-refractivity contribution in [3.63, 3.8) is 0 Å². The van der Waals surface area contributed by atoms with Gasteiger partial charge in [0, 0.05) is 22.1 Å². The van der Waals surface area contributed by atoms with Gasteiger partial charge in [0.25, 0.3) is 0 Å². The monoisotopic (exact) mass is 351 g/mol. The second-order valence-electron chi connectivity index (χ2n) is 5.33. The third-order valence-corrected chi connectivity index (χ3v) is 7.14. The van der Waals surface area contributed by atoms with Gasteiger partial charge in [-0.15, -0.1) is 0 Å². The van der Waals surface area contributed by atoms with Crippen LogP contribution < -0.4 is 5.11 Å². The highest BCUT2D eigenvalue weighted by Crippen LogP contribution is 2.72. The molecule has 16 heavy (non-hydrogen) atoms. The lowest BCUT2D eigenvalue weighted by Gasteiger charge is -2.42. The number of carboxylic acid groups (broad SMARTS) is 1. The number of carbonyl (C=O) groups is 2. The number of fused-ring (bicyclic) bond motifs is 2. The predicted molar refractivity (Wildman–Crippen MR) is 64.4 cm³/mol. The van der Waals surface area contributed by atoms with Gasteiger partial charge < -0.3 is 9.90 Å². The van der Waals surface area contributed by atoms with E-state index in [0.29, 0.717) is 18.2 Å². The molecule has 2 aliphatic carbocycles. The Bertz CT molecular complexity index is 379. The lowest BCUT2D eigenvalue weighted by molar-refractivity contribution is -0.322. The van der Waals surface area contributed by atoms with E-state index in [2.05, 4.69) is 31.9 Å². The minimum atomic E-state index is -1.10. The van der Waals surface area contributed by atoms with Gasteiger partial charge in [0.2, 0.25) is 0 Å². The number of halogens is 2. The first-order valence-corrected chi connectivity index (χ1v) is 7.27. The van der Waals surface area contributed by atoms with E-state index < -0.39 is 27.0 Å². The van der Waals surface area contributed by atoms with Gasteiger partial charge in [-0.3, -0.25) is 4.79 Å². The van der Waals surface area contributed by atoms with E-state index in [-0.39, 0.29) is 5.78 Å². The molecule has 90 valence electrons. The molecule has 0 unspecified atom stereocenters. The Kier molecular flexibility index (Phi) is 2.60. The van der Waals surface area contributed by atoms with Crippen molar-refractivity contribution in [2.75, 3.05) is 5.33 Å². The highest BCUT2D eigenvalue weighted by atomic mass is 79.9. The molecule has 0 aromatic carbocycles. The molecule has 0 amide bonds. The molecule has 0 spiro atoms. The number of carbonyl (C=O) groups excluding carboxylic acids is 2. The van der Waals surface area contributed by atoms with E-state index in [9.17, 15) is 14.7 Å². The number of carboxylic acids is 1. The summed E-state index contributed by atoms with van der Waals surface area (Å²) >= 11 is 6.66. The minimum Gasteiger partial charge on any atom is -0.549 e. The zero-order valence-corrected chi connectivity index (χ0v) is 12.4. The number of hydrogen-bond acceptors (Lipinski definition) is 3. The van der Waals surface area contributed by atoms with E-state index in [4.69, 9.17) is 0 Å². The van der Waals surface area contributed by atoms with Crippen LogP contribution in [0.4, 0.5) is 0 Å². The smallest absolute Gasteiger partial charge is 0.154 e. The van der Waals surface area contributed by atoms with Crippen molar-refractivity contribution in [3.05, 3.63) is 0 Å². The van der Waals surface area contributed by atoms with Gasteiger partial charge in [-0.2, -0.15) is 0 Å². The van der Waals surface area contributed by atoms with Crippen LogP contribution in [0.2, 0.25) is 0 Å². The van der Waals surface area contributed by atoms with Crippen LogP contribution in [0.3, 0.4) is 0 Å². The molecule has 2 rings (SSSR count). The Balaban J connectivity index is 2.67. The number of rotatable bonds is 2. The first kappa shape index (κ1) is 12.6. The molecule has 2 saturated carbocycles. The van der Waals surface area contributed by atoms with Gasteiger partial charge in [-0.05, 0) is 18.3 Å². The van der Waals surface area contributed by atoms with Gasteiger partial charge in [-0.25, -0.2) is 0 Å². The molecule has 2 bridgehead atoms. The number of Topliss-reactive ketones (excluding diaryl/α,β-unsaturated/α-hetero) is 1. The third-order valence-electron chi connectivity index (χ3n) is 4.98. The van der Waals surface area contributed by atoms with Crippen molar-refractivity contribution in [1.29, 1.82) is 0 Å². The fourth-order valence-electron chi connectivity index (χ4n) is 3.56. The van der Waals surface area contributed by atoms with Crippen molar-refractivity contribution in [2.45, 2.75) is 31.5 Å². The summed E-state index contributed by atoms with van der Waals surface area (Å²) in [5, 5.41) is 12.0. The second kappa shape index (κ2) is 3.31. The predicted octanol–water partition coefficient (Wildman–Crippen LogP) is 1.27. The molecular formula is C11H13Br2O3-. The van der Waals surface area contributed by atoms with Crippen LogP contribution in [-0.4, -0.2) is 21.9 Å². The van der Waals surface area contributed by atoms with Crippen molar-refractivity contribution < 1.29 is 14.7 Å². The molecule has 0 aliphatic heterocycles. The summed E-state index contributed by atoms with van der Waals surface area (Å²) in [7, 11) is 0. The lowest BCUT2D eigenvalue weighted by Crippen LogP contribution is -2.52. The highest BCUT2D eigenvalue weighted by Gasteiger charge is 2.75. The fraction of sp³-hybridized carbons (Fsp3) is 0.818. The third kappa shape index (κ3) is 0.964. The molecule has 2 fully saturated rings. The summed E-state index contributed by atoms with van der Waals surface area (Å²) in [6.07, 6.45) is 1.13. The molecule has 3 nitrogen and oxygen atoms in total. The maximum absolute atomic E-state index is 12.3. The summed E-state index contributed by atoms with van der Waals surface area (Å²) in [5.74, 6) is -1.10. The van der Waals surface area contributed by atoms with Gasteiger partial charge >= 0.3 is 0 Å². The van der Waals surface area contributed by atoms with Crippen molar-refractivity contribution >= 4 is 43.6 Å². The molecule has 0 heterocycles. The first-order valence-electron chi connectivity index (χ1n) is 5.24. The Hall–Kier alpha value is 0.1000. The van der Waals surface area contributed by atoms with Crippen molar-refractivity contribution in [1.82, 2.24) is 0 Å². The molecule has 0 saturated heterocycles. The molecule has 0 N–H and O–H groups in total. The average molecular weight is 353 g/mol. The maximum Gasteiger partial charge on any atom is 0.154 e. The van der Waals surface area contributed by atoms with Crippen LogP contribution in [0, 0.1) is 16.2 Å². The molecule has 0 radical (unpaired) electrons. The molecule has 3 atom stereocenters. The van der Waals surface area contributed by atoms with E-state index >= 15 is 0 Å². The van der Waals surface area contributed by atoms with Crippen LogP contribution in [0.5, 0.6) is 0 Å². The van der Waals surface area contributed by atoms with Crippen LogP contribution in [0.15, 0.2) is 0 Å². The molecule has 5 heteroatoms. The summed E-state index contributed by atoms with van der Waals surface area (Å²) in [6.45, 7) is 3.74. The first-order chi connectivity index (χ1) is 7.28. The number of alkyl halides is 2. The Morgan fingerprint density at radius 1 is 1.50 bits per heavy atom. The molecule has 0 aromatic heterocycles. The van der Waals surface area contributed by atoms with Gasteiger partial charge in [0.05, 0.1) is 4.83 Å². The van der Waals surface area contributed by atoms with E-state index in [1.807, 2.05) is 13.8 Å². The number of aliphatic carboxylic acids is 1. The second-order valence-corrected chi connectivity index (χ2v) is 6.80. The normalized spacial score (nSPS) is 45.0. The zero-order valence-electron chi connectivity index (χ0n) is 9.18. The molecular weight excluding hydrogens is 340 g/mol. The van der Waals surface area contributed by atoms with Crippen LogP contribution in [-0.2, 0) is 9.59 Å². The SMILES string of the molecule is CC1(C)[C@]2(CBr)CC[C@@]1(C(=O)[O-])[C@H](Br)C2=O. The number of hydrogen-bond donors (Lipinski definition) is 0. The Morgan fingerprint density at radius 2 is 2.06 bits per heavy atom. The zero-order chi connectivity index (χ0) is 12.4. The van der Waals surface area contributed by atoms with E-state index in [0.717, 1.165) is 0 Å². The number of ketones is 1. The largest absolute Gasteiger partial charge is 0.549 e.